The van der Waals surface area contributed by atoms with Gasteiger partial charge in [-0.3, -0.25) is 0 Å². The van der Waals surface area contributed by atoms with Gasteiger partial charge in [0.2, 0.25) is 0 Å². The molecule has 0 spiro atoms. The zero-order chi connectivity index (χ0) is 15.2. The molecule has 0 aliphatic heterocycles. The Bertz CT molecular complexity index is 449. The van der Waals surface area contributed by atoms with Crippen LogP contribution in [0.4, 0.5) is 4.79 Å². The molecule has 3 fully saturated rings. The molecule has 4 unspecified atom stereocenters. The Hall–Kier alpha value is -1.26. The summed E-state index contributed by atoms with van der Waals surface area (Å²) >= 11 is 0. The molecule has 118 valence electrons. The van der Waals surface area contributed by atoms with Gasteiger partial charge in [0.05, 0.1) is 0 Å². The minimum atomic E-state index is -1.11. The molecule has 0 radical (unpaired) electrons. The van der Waals surface area contributed by atoms with Crippen molar-refractivity contribution in [2.45, 2.75) is 51.0 Å². The van der Waals surface area contributed by atoms with Crippen molar-refractivity contribution >= 4 is 12.0 Å². The first kappa shape index (κ1) is 14.7. The number of urea groups is 1. The Morgan fingerprint density at radius 3 is 2.43 bits per heavy atom. The number of rotatable bonds is 5. The summed E-state index contributed by atoms with van der Waals surface area (Å²) < 4.78 is 0. The molecule has 3 saturated carbocycles. The van der Waals surface area contributed by atoms with Gasteiger partial charge in [-0.05, 0) is 62.7 Å². The number of amides is 2. The van der Waals surface area contributed by atoms with E-state index >= 15 is 0 Å². The number of carboxylic acids is 1. The average Bonchev–Trinajstić information content (AvgIpc) is 3.10. The van der Waals surface area contributed by atoms with Gasteiger partial charge in [0.1, 0.15) is 5.54 Å². The Kier molecular flexibility index (Phi) is 3.62. The highest BCUT2D eigenvalue weighted by molar-refractivity contribution is 5.86. The van der Waals surface area contributed by atoms with Gasteiger partial charge in [-0.1, -0.05) is 6.42 Å². The van der Waals surface area contributed by atoms with Gasteiger partial charge >= 0.3 is 12.0 Å². The van der Waals surface area contributed by atoms with Gasteiger partial charge < -0.3 is 15.3 Å². The van der Waals surface area contributed by atoms with Crippen molar-refractivity contribution < 1.29 is 14.7 Å². The van der Waals surface area contributed by atoms with Crippen molar-refractivity contribution in [1.82, 2.24) is 10.2 Å². The second-order valence-corrected chi connectivity index (χ2v) is 7.53. The number of carbonyl (C=O) groups is 2. The number of aliphatic carboxylic acids is 1. The largest absolute Gasteiger partial charge is 0.480 e. The zero-order valence-electron chi connectivity index (χ0n) is 13.0. The lowest BCUT2D eigenvalue weighted by atomic mass is 9.88. The molecule has 4 atom stereocenters. The molecule has 3 rings (SSSR count). The maximum atomic E-state index is 12.3. The molecule has 3 aliphatic carbocycles. The first-order valence-electron chi connectivity index (χ1n) is 8.17. The van der Waals surface area contributed by atoms with Gasteiger partial charge in [0.25, 0.3) is 0 Å². The summed E-state index contributed by atoms with van der Waals surface area (Å²) in [6, 6.07) is -0.241. The molecule has 3 aliphatic rings. The third-order valence-corrected chi connectivity index (χ3v) is 5.94. The maximum absolute atomic E-state index is 12.3. The number of nitrogens with one attached hydrogen (secondary N) is 1. The number of hydrogen-bond donors (Lipinski definition) is 2. The van der Waals surface area contributed by atoms with Gasteiger partial charge in [-0.25, -0.2) is 9.59 Å². The first-order valence-corrected chi connectivity index (χ1v) is 8.17. The predicted octanol–water partition coefficient (Wildman–Crippen LogP) is 2.32. The Morgan fingerprint density at radius 2 is 1.95 bits per heavy atom. The summed E-state index contributed by atoms with van der Waals surface area (Å²) in [6.45, 7) is 2.39. The van der Waals surface area contributed by atoms with Gasteiger partial charge in [-0.2, -0.15) is 0 Å². The lowest BCUT2D eigenvalue weighted by molar-refractivity contribution is -0.144. The van der Waals surface area contributed by atoms with E-state index in [2.05, 4.69) is 5.32 Å². The van der Waals surface area contributed by atoms with Crippen LogP contribution in [0.15, 0.2) is 0 Å². The average molecular weight is 294 g/mol. The lowest BCUT2D eigenvalue weighted by Crippen LogP contribution is -2.57. The van der Waals surface area contributed by atoms with Crippen molar-refractivity contribution in [2.75, 3.05) is 13.6 Å². The third kappa shape index (κ3) is 2.74. The summed E-state index contributed by atoms with van der Waals surface area (Å²) in [7, 11) is 1.79. The minimum absolute atomic E-state index is 0.0786. The van der Waals surface area contributed by atoms with Gasteiger partial charge in [0.15, 0.2) is 0 Å². The van der Waals surface area contributed by atoms with Crippen molar-refractivity contribution in [1.29, 1.82) is 0 Å². The van der Waals surface area contributed by atoms with Crippen LogP contribution in [0.2, 0.25) is 0 Å². The molecule has 2 amide bonds. The molecule has 0 aromatic rings. The summed E-state index contributed by atoms with van der Waals surface area (Å²) in [6.07, 6.45) is 7.00. The van der Waals surface area contributed by atoms with E-state index in [0.29, 0.717) is 5.92 Å². The summed E-state index contributed by atoms with van der Waals surface area (Å²) in [4.78, 5) is 25.5. The van der Waals surface area contributed by atoms with Gasteiger partial charge in [-0.15, -0.1) is 0 Å². The number of fused-ring (bicyclic) bond motifs is 2. The highest BCUT2D eigenvalue weighted by Gasteiger charge is 2.49. The number of carboxylic acid groups (broad SMARTS) is 1. The molecule has 0 aromatic carbocycles. The van der Waals surface area contributed by atoms with Crippen LogP contribution < -0.4 is 5.32 Å². The van der Waals surface area contributed by atoms with E-state index in [4.69, 9.17) is 0 Å². The number of carbonyl (C=O) groups excluding carboxylic acids is 1. The monoisotopic (exact) mass is 294 g/mol. The van der Waals surface area contributed by atoms with Crippen LogP contribution >= 0.6 is 0 Å². The quantitative estimate of drug-likeness (QED) is 0.817. The SMILES string of the molecule is CN(CC1CC2CCC1C2)C(=O)NC(C)(C(=O)O)C1CC1. The van der Waals surface area contributed by atoms with Crippen LogP contribution in [-0.2, 0) is 4.79 Å². The second-order valence-electron chi connectivity index (χ2n) is 7.53. The Morgan fingerprint density at radius 1 is 1.24 bits per heavy atom. The minimum Gasteiger partial charge on any atom is -0.480 e. The van der Waals surface area contributed by atoms with E-state index < -0.39 is 11.5 Å². The molecular weight excluding hydrogens is 268 g/mol. The van der Waals surface area contributed by atoms with E-state index in [1.54, 1.807) is 18.9 Å². The van der Waals surface area contributed by atoms with Crippen molar-refractivity contribution in [3.05, 3.63) is 0 Å². The number of hydrogen-bond acceptors (Lipinski definition) is 2. The standard InChI is InChI=1S/C16H26N2O3/c1-16(14(19)20,13-5-6-13)17-15(21)18(2)9-12-8-10-3-4-11(12)7-10/h10-13H,3-9H2,1-2H3,(H,17,21)(H,19,20). The zero-order valence-corrected chi connectivity index (χ0v) is 13.0. The van der Waals surface area contributed by atoms with Crippen LogP contribution in [0.3, 0.4) is 0 Å². The highest BCUT2D eigenvalue weighted by atomic mass is 16.4. The lowest BCUT2D eigenvalue weighted by Gasteiger charge is -2.32. The molecule has 0 aromatic heterocycles. The van der Waals surface area contributed by atoms with E-state index in [1.807, 2.05) is 0 Å². The Labute approximate surface area is 126 Å². The molecule has 2 bridgehead atoms. The summed E-state index contributed by atoms with van der Waals surface area (Å²) in [5.41, 5.74) is -1.11. The summed E-state index contributed by atoms with van der Waals surface area (Å²) in [5.74, 6) is 1.41. The van der Waals surface area contributed by atoms with Crippen LogP contribution in [0.1, 0.15) is 45.4 Å². The molecule has 5 heteroatoms. The first-order chi connectivity index (χ1) is 9.90. The third-order valence-electron chi connectivity index (χ3n) is 5.94. The van der Waals surface area contributed by atoms with Crippen LogP contribution in [0.5, 0.6) is 0 Å². The molecular formula is C16H26N2O3. The Balaban J connectivity index is 1.56. The van der Waals surface area contributed by atoms with Crippen LogP contribution in [0.25, 0.3) is 0 Å². The van der Waals surface area contributed by atoms with Gasteiger partial charge in [0, 0.05) is 13.6 Å². The topological polar surface area (TPSA) is 69.6 Å². The van der Waals surface area contributed by atoms with Crippen molar-refractivity contribution in [3.8, 4) is 0 Å². The normalized spacial score (nSPS) is 33.5. The van der Waals surface area contributed by atoms with E-state index in [9.17, 15) is 14.7 Å². The molecule has 2 N–H and O–H groups in total. The summed E-state index contributed by atoms with van der Waals surface area (Å²) in [5, 5.41) is 12.2. The molecule has 5 nitrogen and oxygen atoms in total. The number of nitrogens with zero attached hydrogens (tertiary/aromatic N) is 1. The van der Waals surface area contributed by atoms with Crippen molar-refractivity contribution in [3.63, 3.8) is 0 Å². The molecule has 0 saturated heterocycles. The fraction of sp³-hybridized carbons (Fsp3) is 0.875. The van der Waals surface area contributed by atoms with E-state index in [-0.39, 0.29) is 11.9 Å². The predicted molar refractivity (Wildman–Crippen MR) is 78.9 cm³/mol. The molecule has 0 heterocycles. The van der Waals surface area contributed by atoms with E-state index in [0.717, 1.165) is 31.2 Å². The maximum Gasteiger partial charge on any atom is 0.329 e. The van der Waals surface area contributed by atoms with Crippen LogP contribution in [0, 0.1) is 23.7 Å². The second kappa shape index (κ2) is 5.18. The van der Waals surface area contributed by atoms with Crippen molar-refractivity contribution in [2.24, 2.45) is 23.7 Å². The molecule has 21 heavy (non-hydrogen) atoms. The van der Waals surface area contributed by atoms with Crippen LogP contribution in [-0.4, -0.2) is 41.1 Å². The van der Waals surface area contributed by atoms with E-state index in [1.165, 1.54) is 25.7 Å². The smallest absolute Gasteiger partial charge is 0.329 e. The fourth-order valence-corrected chi connectivity index (χ4v) is 4.34. The highest BCUT2D eigenvalue weighted by Crippen LogP contribution is 2.48. The fourth-order valence-electron chi connectivity index (χ4n) is 4.34.